The largest absolute Gasteiger partial charge is 0.465 e. The van der Waals surface area contributed by atoms with Crippen LogP contribution in [0.1, 0.15) is 22.8 Å². The fourth-order valence-electron chi connectivity index (χ4n) is 1.82. The zero-order valence-corrected chi connectivity index (χ0v) is 13.5. The van der Waals surface area contributed by atoms with E-state index >= 15 is 0 Å². The van der Waals surface area contributed by atoms with Gasteiger partial charge in [0.1, 0.15) is 6.61 Å². The molecule has 0 aromatic heterocycles. The van der Waals surface area contributed by atoms with Gasteiger partial charge in [-0.3, -0.25) is 0 Å². The molecule has 2 N–H and O–H groups in total. The van der Waals surface area contributed by atoms with E-state index in [0.29, 0.717) is 16.8 Å². The number of rotatable bonds is 6. The average molecular weight is 348 g/mol. The van der Waals surface area contributed by atoms with Crippen LogP contribution in [0.25, 0.3) is 0 Å². The summed E-state index contributed by atoms with van der Waals surface area (Å²) in [4.78, 5) is 23.2. The number of alkyl halides is 3. The van der Waals surface area contributed by atoms with Gasteiger partial charge in [0.2, 0.25) is 0 Å². The second kappa shape index (κ2) is 8.53. The van der Waals surface area contributed by atoms with Crippen molar-refractivity contribution in [3.8, 4) is 0 Å². The van der Waals surface area contributed by atoms with Gasteiger partial charge in [-0.2, -0.15) is 13.2 Å². The number of benzene rings is 1. The van der Waals surface area contributed by atoms with E-state index in [-0.39, 0.29) is 6.61 Å². The molecule has 0 heterocycles. The third kappa shape index (κ3) is 6.86. The van der Waals surface area contributed by atoms with Crippen molar-refractivity contribution in [2.24, 2.45) is 0 Å². The molecule has 9 heteroatoms. The zero-order chi connectivity index (χ0) is 18.3. The summed E-state index contributed by atoms with van der Waals surface area (Å²) in [7, 11) is 1.26. The molecule has 0 aliphatic rings. The van der Waals surface area contributed by atoms with E-state index in [1.54, 1.807) is 13.0 Å². The standard InChI is InChI=1S/C15H19F3N2O4/c1-9-6-11(13(21)23-3)4-5-12(9)20-14(22)19-10(2)7-24-8-15(16,17)18/h4-6,10H,7-8H2,1-3H3,(H2,19,20,22). The Labute approximate surface area is 137 Å². The number of nitrogens with one attached hydrogen (secondary N) is 2. The molecule has 1 aromatic rings. The average Bonchev–Trinajstić information content (AvgIpc) is 2.47. The number of halogens is 3. The number of hydrogen-bond acceptors (Lipinski definition) is 4. The van der Waals surface area contributed by atoms with E-state index in [1.165, 1.54) is 26.2 Å². The van der Waals surface area contributed by atoms with Crippen LogP contribution in [0.5, 0.6) is 0 Å². The number of urea groups is 1. The third-order valence-electron chi connectivity index (χ3n) is 2.91. The van der Waals surface area contributed by atoms with Crippen LogP contribution in [0, 0.1) is 6.92 Å². The molecular formula is C15H19F3N2O4. The normalized spacial score (nSPS) is 12.4. The lowest BCUT2D eigenvalue weighted by Gasteiger charge is -2.16. The summed E-state index contributed by atoms with van der Waals surface area (Å²) < 4.78 is 44.9. The maximum Gasteiger partial charge on any atom is 0.411 e. The lowest BCUT2D eigenvalue weighted by Crippen LogP contribution is -2.39. The first-order valence-corrected chi connectivity index (χ1v) is 7.03. The predicted molar refractivity (Wildman–Crippen MR) is 81.0 cm³/mol. The van der Waals surface area contributed by atoms with Crippen molar-refractivity contribution in [3.63, 3.8) is 0 Å². The van der Waals surface area contributed by atoms with Crippen LogP contribution in [0.3, 0.4) is 0 Å². The molecule has 0 saturated heterocycles. The zero-order valence-electron chi connectivity index (χ0n) is 13.5. The fraction of sp³-hybridized carbons (Fsp3) is 0.467. The van der Waals surface area contributed by atoms with Crippen molar-refractivity contribution in [3.05, 3.63) is 29.3 Å². The van der Waals surface area contributed by atoms with Gasteiger partial charge in [-0.1, -0.05) is 0 Å². The van der Waals surface area contributed by atoms with Crippen LogP contribution in [0.2, 0.25) is 0 Å². The third-order valence-corrected chi connectivity index (χ3v) is 2.91. The molecule has 1 rings (SSSR count). The maximum atomic E-state index is 12.0. The molecule has 24 heavy (non-hydrogen) atoms. The second-order valence-electron chi connectivity index (χ2n) is 5.15. The number of amides is 2. The molecule has 0 radical (unpaired) electrons. The second-order valence-corrected chi connectivity index (χ2v) is 5.15. The Kier molecular flexibility index (Phi) is 7.02. The molecule has 0 aliphatic heterocycles. The van der Waals surface area contributed by atoms with Gasteiger partial charge in [-0.25, -0.2) is 9.59 Å². The van der Waals surface area contributed by atoms with E-state index in [9.17, 15) is 22.8 Å². The van der Waals surface area contributed by atoms with Gasteiger partial charge in [-0.15, -0.1) is 0 Å². The fourth-order valence-corrected chi connectivity index (χ4v) is 1.82. The molecule has 1 unspecified atom stereocenters. The molecule has 0 aliphatic carbocycles. The van der Waals surface area contributed by atoms with Crippen LogP contribution < -0.4 is 10.6 Å². The van der Waals surface area contributed by atoms with Gasteiger partial charge in [0.05, 0.1) is 25.3 Å². The molecule has 0 saturated carbocycles. The summed E-state index contributed by atoms with van der Waals surface area (Å²) in [6, 6.07) is 3.38. The first kappa shape index (κ1) is 19.8. The van der Waals surface area contributed by atoms with Gasteiger partial charge in [-0.05, 0) is 37.6 Å². The van der Waals surface area contributed by atoms with Crippen molar-refractivity contribution >= 4 is 17.7 Å². The van der Waals surface area contributed by atoms with Gasteiger partial charge < -0.3 is 20.1 Å². The highest BCUT2D eigenvalue weighted by atomic mass is 19.4. The van der Waals surface area contributed by atoms with E-state index in [0.717, 1.165) is 0 Å². The first-order chi connectivity index (χ1) is 11.1. The van der Waals surface area contributed by atoms with Gasteiger partial charge in [0.15, 0.2) is 0 Å². The first-order valence-electron chi connectivity index (χ1n) is 7.03. The summed E-state index contributed by atoms with van der Waals surface area (Å²) in [6.45, 7) is 1.57. The lowest BCUT2D eigenvalue weighted by atomic mass is 10.1. The molecule has 134 valence electrons. The maximum absolute atomic E-state index is 12.0. The number of aryl methyl sites for hydroxylation is 1. The van der Waals surface area contributed by atoms with E-state index in [2.05, 4.69) is 20.1 Å². The van der Waals surface area contributed by atoms with Crippen molar-refractivity contribution in [1.29, 1.82) is 0 Å². The Hall–Kier alpha value is -2.29. The highest BCUT2D eigenvalue weighted by Crippen LogP contribution is 2.17. The Morgan fingerprint density at radius 1 is 1.29 bits per heavy atom. The molecule has 1 aromatic carbocycles. The predicted octanol–water partition coefficient (Wildman–Crippen LogP) is 2.87. The number of methoxy groups -OCH3 is 1. The summed E-state index contributed by atoms with van der Waals surface area (Å²) >= 11 is 0. The molecule has 6 nitrogen and oxygen atoms in total. The Morgan fingerprint density at radius 3 is 2.50 bits per heavy atom. The molecule has 0 bridgehead atoms. The number of anilines is 1. The van der Waals surface area contributed by atoms with Crippen molar-refractivity contribution in [2.75, 3.05) is 25.6 Å². The number of hydrogen-bond donors (Lipinski definition) is 2. The minimum absolute atomic E-state index is 0.271. The number of carbonyl (C=O) groups is 2. The molecule has 0 fully saturated rings. The summed E-state index contributed by atoms with van der Waals surface area (Å²) in [5.74, 6) is -0.496. The van der Waals surface area contributed by atoms with Gasteiger partial charge in [0.25, 0.3) is 0 Å². The van der Waals surface area contributed by atoms with Crippen LogP contribution >= 0.6 is 0 Å². The smallest absolute Gasteiger partial charge is 0.411 e. The topological polar surface area (TPSA) is 76.7 Å². The highest BCUT2D eigenvalue weighted by Gasteiger charge is 2.27. The number of ether oxygens (including phenoxy) is 2. The number of carbonyl (C=O) groups excluding carboxylic acids is 2. The summed E-state index contributed by atoms with van der Waals surface area (Å²) in [6.07, 6.45) is -4.40. The Balaban J connectivity index is 2.51. The molecular weight excluding hydrogens is 329 g/mol. The van der Waals surface area contributed by atoms with Crippen LogP contribution in [-0.2, 0) is 9.47 Å². The van der Waals surface area contributed by atoms with E-state index < -0.39 is 30.8 Å². The van der Waals surface area contributed by atoms with Crippen LogP contribution in [0.15, 0.2) is 18.2 Å². The minimum Gasteiger partial charge on any atom is -0.465 e. The molecule has 1 atom stereocenters. The van der Waals surface area contributed by atoms with E-state index in [4.69, 9.17) is 0 Å². The quantitative estimate of drug-likeness (QED) is 0.775. The molecule has 0 spiro atoms. The van der Waals surface area contributed by atoms with Crippen molar-refractivity contribution in [1.82, 2.24) is 5.32 Å². The van der Waals surface area contributed by atoms with Crippen molar-refractivity contribution < 1.29 is 32.2 Å². The van der Waals surface area contributed by atoms with Gasteiger partial charge in [0, 0.05) is 5.69 Å². The van der Waals surface area contributed by atoms with Crippen LogP contribution in [0.4, 0.5) is 23.7 Å². The Bertz CT molecular complexity index is 591. The van der Waals surface area contributed by atoms with Crippen LogP contribution in [-0.4, -0.2) is 44.5 Å². The lowest BCUT2D eigenvalue weighted by molar-refractivity contribution is -0.174. The summed E-state index contributed by atoms with van der Waals surface area (Å²) in [5, 5.41) is 5.01. The minimum atomic E-state index is -4.40. The van der Waals surface area contributed by atoms with E-state index in [1.807, 2.05) is 0 Å². The SMILES string of the molecule is COC(=O)c1ccc(NC(=O)NC(C)COCC(F)(F)F)c(C)c1. The highest BCUT2D eigenvalue weighted by molar-refractivity contribution is 5.93. The van der Waals surface area contributed by atoms with Gasteiger partial charge >= 0.3 is 18.2 Å². The monoisotopic (exact) mass is 348 g/mol. The van der Waals surface area contributed by atoms with Crippen molar-refractivity contribution in [2.45, 2.75) is 26.1 Å². The molecule has 2 amide bonds. The Morgan fingerprint density at radius 2 is 1.96 bits per heavy atom. The number of esters is 1. The summed E-state index contributed by atoms with van der Waals surface area (Å²) in [5.41, 5.74) is 1.44.